The van der Waals surface area contributed by atoms with E-state index in [4.69, 9.17) is 10.5 Å². The first-order valence-electron chi connectivity index (χ1n) is 6.85. The number of nitrogens with two attached hydrogens (primary N) is 1. The number of aryl methyl sites for hydroxylation is 2. The SMILES string of the molecule is COC(C)(C)CC(CN)N(C)c1cc(C)cc(C)c1. The molecule has 0 aliphatic rings. The van der Waals surface area contributed by atoms with Gasteiger partial charge >= 0.3 is 0 Å². The topological polar surface area (TPSA) is 38.5 Å². The highest BCUT2D eigenvalue weighted by atomic mass is 16.5. The second-order valence-electron chi connectivity index (χ2n) is 6.01. The summed E-state index contributed by atoms with van der Waals surface area (Å²) in [5.74, 6) is 0. The highest BCUT2D eigenvalue weighted by Gasteiger charge is 2.25. The Morgan fingerprint density at radius 2 is 1.74 bits per heavy atom. The van der Waals surface area contributed by atoms with Gasteiger partial charge in [-0.2, -0.15) is 0 Å². The van der Waals surface area contributed by atoms with Crippen LogP contribution in [0.15, 0.2) is 18.2 Å². The predicted molar refractivity (Wildman–Crippen MR) is 82.9 cm³/mol. The average Bonchev–Trinajstić information content (AvgIpc) is 2.34. The summed E-state index contributed by atoms with van der Waals surface area (Å²) in [6.07, 6.45) is 0.906. The molecule has 2 N–H and O–H groups in total. The van der Waals surface area contributed by atoms with Gasteiger partial charge in [0.25, 0.3) is 0 Å². The van der Waals surface area contributed by atoms with Crippen LogP contribution in [0.1, 0.15) is 31.4 Å². The third-order valence-electron chi connectivity index (χ3n) is 3.71. The maximum absolute atomic E-state index is 5.95. The summed E-state index contributed by atoms with van der Waals surface area (Å²) in [6.45, 7) is 9.08. The molecule has 1 aromatic rings. The first-order chi connectivity index (χ1) is 8.79. The number of methoxy groups -OCH3 is 1. The van der Waals surface area contributed by atoms with Gasteiger partial charge in [0, 0.05) is 32.4 Å². The maximum atomic E-state index is 5.95. The van der Waals surface area contributed by atoms with E-state index in [9.17, 15) is 0 Å². The minimum atomic E-state index is -0.156. The van der Waals surface area contributed by atoms with Gasteiger partial charge in [-0.1, -0.05) is 6.07 Å². The second-order valence-corrected chi connectivity index (χ2v) is 6.01. The fourth-order valence-electron chi connectivity index (χ4n) is 2.39. The van der Waals surface area contributed by atoms with Crippen molar-refractivity contribution in [2.75, 3.05) is 25.6 Å². The Labute approximate surface area is 117 Å². The molecule has 0 amide bonds. The van der Waals surface area contributed by atoms with E-state index in [1.54, 1.807) is 7.11 Å². The zero-order valence-corrected chi connectivity index (χ0v) is 13.2. The second kappa shape index (κ2) is 6.40. The van der Waals surface area contributed by atoms with Crippen LogP contribution in [0.5, 0.6) is 0 Å². The van der Waals surface area contributed by atoms with E-state index in [0.717, 1.165) is 6.42 Å². The van der Waals surface area contributed by atoms with E-state index in [-0.39, 0.29) is 11.6 Å². The molecule has 0 saturated heterocycles. The van der Waals surface area contributed by atoms with Crippen molar-refractivity contribution in [3.8, 4) is 0 Å². The highest BCUT2D eigenvalue weighted by molar-refractivity contribution is 5.51. The Bertz CT molecular complexity index is 395. The predicted octanol–water partition coefficient (Wildman–Crippen LogP) is 2.88. The summed E-state index contributed by atoms with van der Waals surface area (Å²) in [6, 6.07) is 6.87. The number of rotatable bonds is 6. The minimum Gasteiger partial charge on any atom is -0.379 e. The largest absolute Gasteiger partial charge is 0.379 e. The lowest BCUT2D eigenvalue weighted by Gasteiger charge is -2.35. The summed E-state index contributed by atoms with van der Waals surface area (Å²) in [4.78, 5) is 2.26. The third-order valence-corrected chi connectivity index (χ3v) is 3.71. The number of hydrogen-bond donors (Lipinski definition) is 1. The number of anilines is 1. The van der Waals surface area contributed by atoms with Crippen LogP contribution in [0.4, 0.5) is 5.69 Å². The number of nitrogens with zero attached hydrogens (tertiary/aromatic N) is 1. The lowest BCUT2D eigenvalue weighted by atomic mass is 9.97. The highest BCUT2D eigenvalue weighted by Crippen LogP contribution is 2.24. The first kappa shape index (κ1) is 16.0. The van der Waals surface area contributed by atoms with E-state index >= 15 is 0 Å². The van der Waals surface area contributed by atoms with Crippen molar-refractivity contribution in [2.45, 2.75) is 45.8 Å². The van der Waals surface area contributed by atoms with Crippen molar-refractivity contribution in [3.05, 3.63) is 29.3 Å². The molecule has 0 aromatic heterocycles. The molecule has 0 aliphatic carbocycles. The molecule has 19 heavy (non-hydrogen) atoms. The molecule has 1 unspecified atom stereocenters. The zero-order chi connectivity index (χ0) is 14.6. The van der Waals surface area contributed by atoms with Crippen LogP contribution in [0.25, 0.3) is 0 Å². The van der Waals surface area contributed by atoms with Gasteiger partial charge in [0.1, 0.15) is 0 Å². The van der Waals surface area contributed by atoms with Crippen molar-refractivity contribution < 1.29 is 4.74 Å². The van der Waals surface area contributed by atoms with Crippen molar-refractivity contribution in [3.63, 3.8) is 0 Å². The monoisotopic (exact) mass is 264 g/mol. The molecule has 108 valence electrons. The molecule has 0 spiro atoms. The number of likely N-dealkylation sites (N-methyl/N-ethyl adjacent to an activating group) is 1. The summed E-state index contributed by atoms with van der Waals surface area (Å²) in [5, 5.41) is 0. The van der Waals surface area contributed by atoms with Crippen LogP contribution in [-0.2, 0) is 4.74 Å². The molecule has 0 heterocycles. The van der Waals surface area contributed by atoms with Gasteiger partial charge in [0.2, 0.25) is 0 Å². The quantitative estimate of drug-likeness (QED) is 0.858. The number of benzene rings is 1. The van der Waals surface area contributed by atoms with Crippen LogP contribution in [0.2, 0.25) is 0 Å². The number of hydrogen-bond acceptors (Lipinski definition) is 3. The average molecular weight is 264 g/mol. The Balaban J connectivity index is 2.92. The minimum absolute atomic E-state index is 0.156. The van der Waals surface area contributed by atoms with E-state index in [0.29, 0.717) is 6.54 Å². The zero-order valence-electron chi connectivity index (χ0n) is 13.2. The molecule has 1 atom stereocenters. The molecular formula is C16H28N2O. The van der Waals surface area contributed by atoms with Crippen LogP contribution < -0.4 is 10.6 Å². The molecule has 3 nitrogen and oxygen atoms in total. The van der Waals surface area contributed by atoms with Crippen molar-refractivity contribution in [2.24, 2.45) is 5.73 Å². The van der Waals surface area contributed by atoms with Crippen molar-refractivity contribution in [1.29, 1.82) is 0 Å². The van der Waals surface area contributed by atoms with Gasteiger partial charge in [-0.25, -0.2) is 0 Å². The van der Waals surface area contributed by atoms with Crippen LogP contribution in [0.3, 0.4) is 0 Å². The number of ether oxygens (including phenoxy) is 1. The summed E-state index contributed by atoms with van der Waals surface area (Å²) in [7, 11) is 3.86. The smallest absolute Gasteiger partial charge is 0.0642 e. The van der Waals surface area contributed by atoms with Gasteiger partial charge in [0.05, 0.1) is 5.60 Å². The fraction of sp³-hybridized carbons (Fsp3) is 0.625. The third kappa shape index (κ3) is 4.51. The summed E-state index contributed by atoms with van der Waals surface area (Å²) in [5.41, 5.74) is 9.58. The van der Waals surface area contributed by atoms with Crippen molar-refractivity contribution >= 4 is 5.69 Å². The standard InChI is InChI=1S/C16H28N2O/c1-12-7-13(2)9-14(8-12)18(5)15(11-17)10-16(3,4)19-6/h7-9,15H,10-11,17H2,1-6H3. The van der Waals surface area contributed by atoms with Gasteiger partial charge < -0.3 is 15.4 Å². The van der Waals surface area contributed by atoms with E-state index in [1.807, 2.05) is 0 Å². The molecule has 0 bridgehead atoms. The van der Waals surface area contributed by atoms with Gasteiger partial charge in [-0.05, 0) is 57.4 Å². The Hall–Kier alpha value is -1.06. The van der Waals surface area contributed by atoms with Crippen LogP contribution >= 0.6 is 0 Å². The Morgan fingerprint density at radius 1 is 1.21 bits per heavy atom. The first-order valence-corrected chi connectivity index (χ1v) is 6.85. The lowest BCUT2D eigenvalue weighted by Crippen LogP contribution is -2.43. The van der Waals surface area contributed by atoms with Crippen LogP contribution in [0, 0.1) is 13.8 Å². The maximum Gasteiger partial charge on any atom is 0.0642 e. The summed E-state index contributed by atoms with van der Waals surface area (Å²) >= 11 is 0. The normalized spacial score (nSPS) is 13.4. The molecule has 0 saturated carbocycles. The van der Waals surface area contributed by atoms with Crippen molar-refractivity contribution in [1.82, 2.24) is 0 Å². The molecule has 3 heteroatoms. The molecule has 1 rings (SSSR count). The molecular weight excluding hydrogens is 236 g/mol. The molecule has 1 aromatic carbocycles. The van der Waals surface area contributed by atoms with E-state index in [2.05, 4.69) is 57.8 Å². The Morgan fingerprint density at radius 3 is 2.16 bits per heavy atom. The van der Waals surface area contributed by atoms with E-state index < -0.39 is 0 Å². The van der Waals surface area contributed by atoms with E-state index in [1.165, 1.54) is 16.8 Å². The van der Waals surface area contributed by atoms with Gasteiger partial charge in [0.15, 0.2) is 0 Å². The molecule has 0 radical (unpaired) electrons. The van der Waals surface area contributed by atoms with Gasteiger partial charge in [-0.3, -0.25) is 0 Å². The molecule has 0 fully saturated rings. The fourth-order valence-corrected chi connectivity index (χ4v) is 2.39. The summed E-state index contributed by atoms with van der Waals surface area (Å²) < 4.78 is 5.52. The lowest BCUT2D eigenvalue weighted by molar-refractivity contribution is 0.0104. The van der Waals surface area contributed by atoms with Gasteiger partial charge in [-0.15, -0.1) is 0 Å². The Kier molecular flexibility index (Phi) is 5.39. The molecule has 0 aliphatic heterocycles. The van der Waals surface area contributed by atoms with Crippen LogP contribution in [-0.4, -0.2) is 32.3 Å².